The van der Waals surface area contributed by atoms with E-state index < -0.39 is 0 Å². The molecule has 2 nitrogen and oxygen atoms in total. The largest absolute Gasteiger partial charge is 0.323 e. The lowest BCUT2D eigenvalue weighted by Gasteiger charge is -2.37. The van der Waals surface area contributed by atoms with Crippen molar-refractivity contribution in [2.24, 2.45) is 5.73 Å². The molecule has 0 aliphatic carbocycles. The molecular weight excluding hydrogens is 239 g/mol. The third kappa shape index (κ3) is 2.98. The molecule has 2 rings (SSSR count). The lowest BCUT2D eigenvalue weighted by Crippen LogP contribution is -2.46. The third-order valence-electron chi connectivity index (χ3n) is 4.56. The summed E-state index contributed by atoms with van der Waals surface area (Å²) in [4.78, 5) is 2.55. The smallest absolute Gasteiger partial charge is 0.123 e. The Hall–Kier alpha value is -0.930. The molecule has 0 aromatic heterocycles. The second kappa shape index (κ2) is 6.02. The van der Waals surface area contributed by atoms with E-state index >= 15 is 0 Å². The highest BCUT2D eigenvalue weighted by atomic mass is 19.1. The highest BCUT2D eigenvalue weighted by Gasteiger charge is 2.35. The van der Waals surface area contributed by atoms with Crippen LogP contribution in [0.1, 0.15) is 51.6 Å². The first-order valence-electron chi connectivity index (χ1n) is 7.33. The Morgan fingerprint density at radius 1 is 1.32 bits per heavy atom. The molecule has 1 heterocycles. The van der Waals surface area contributed by atoms with Crippen molar-refractivity contribution in [3.8, 4) is 0 Å². The van der Waals surface area contributed by atoms with Crippen LogP contribution in [0.5, 0.6) is 0 Å². The van der Waals surface area contributed by atoms with Gasteiger partial charge in [0.05, 0.1) is 0 Å². The summed E-state index contributed by atoms with van der Waals surface area (Å²) >= 11 is 0. The van der Waals surface area contributed by atoms with E-state index in [-0.39, 0.29) is 17.9 Å². The molecule has 1 saturated heterocycles. The van der Waals surface area contributed by atoms with E-state index in [1.54, 1.807) is 12.1 Å². The van der Waals surface area contributed by atoms with Crippen LogP contribution in [-0.2, 0) is 0 Å². The van der Waals surface area contributed by atoms with Gasteiger partial charge in [-0.3, -0.25) is 4.90 Å². The highest BCUT2D eigenvalue weighted by molar-refractivity contribution is 5.21. The molecule has 2 N–H and O–H groups in total. The number of benzene rings is 1. The SMILES string of the molecule is CCC1CCC(C)N1C(C)C(N)c1ccc(F)cc1. The minimum Gasteiger partial charge on any atom is -0.323 e. The van der Waals surface area contributed by atoms with E-state index in [1.807, 2.05) is 0 Å². The van der Waals surface area contributed by atoms with Crippen molar-refractivity contribution in [3.63, 3.8) is 0 Å². The van der Waals surface area contributed by atoms with Crippen LogP contribution in [0.15, 0.2) is 24.3 Å². The summed E-state index contributed by atoms with van der Waals surface area (Å²) in [7, 11) is 0. The van der Waals surface area contributed by atoms with Crippen molar-refractivity contribution in [2.45, 2.75) is 64.2 Å². The van der Waals surface area contributed by atoms with E-state index in [2.05, 4.69) is 25.7 Å². The summed E-state index contributed by atoms with van der Waals surface area (Å²) in [6.45, 7) is 6.72. The minimum atomic E-state index is -0.204. The van der Waals surface area contributed by atoms with Crippen LogP contribution in [0.2, 0.25) is 0 Å². The van der Waals surface area contributed by atoms with Gasteiger partial charge in [-0.1, -0.05) is 19.1 Å². The van der Waals surface area contributed by atoms with Gasteiger partial charge in [-0.15, -0.1) is 0 Å². The van der Waals surface area contributed by atoms with Crippen molar-refractivity contribution in [1.29, 1.82) is 0 Å². The molecule has 4 atom stereocenters. The van der Waals surface area contributed by atoms with Gasteiger partial charge >= 0.3 is 0 Å². The van der Waals surface area contributed by atoms with E-state index in [0.717, 1.165) is 5.56 Å². The molecule has 1 aliphatic heterocycles. The molecule has 106 valence electrons. The summed E-state index contributed by atoms with van der Waals surface area (Å²) in [5.41, 5.74) is 7.40. The van der Waals surface area contributed by atoms with Crippen molar-refractivity contribution in [2.75, 3.05) is 0 Å². The number of halogens is 1. The summed E-state index contributed by atoms with van der Waals surface area (Å²) < 4.78 is 13.0. The molecule has 0 bridgehead atoms. The Morgan fingerprint density at radius 2 is 1.95 bits per heavy atom. The summed E-state index contributed by atoms with van der Waals surface area (Å²) in [5, 5.41) is 0. The number of nitrogens with two attached hydrogens (primary N) is 1. The zero-order valence-electron chi connectivity index (χ0n) is 12.1. The Kier molecular flexibility index (Phi) is 4.58. The molecule has 1 aromatic carbocycles. The van der Waals surface area contributed by atoms with Crippen molar-refractivity contribution in [1.82, 2.24) is 4.90 Å². The minimum absolute atomic E-state index is 0.0600. The van der Waals surface area contributed by atoms with E-state index in [0.29, 0.717) is 12.1 Å². The van der Waals surface area contributed by atoms with Crippen molar-refractivity contribution >= 4 is 0 Å². The molecule has 0 saturated carbocycles. The Morgan fingerprint density at radius 3 is 2.53 bits per heavy atom. The van der Waals surface area contributed by atoms with Crippen molar-refractivity contribution in [3.05, 3.63) is 35.6 Å². The van der Waals surface area contributed by atoms with Gasteiger partial charge in [0.1, 0.15) is 5.82 Å². The first-order chi connectivity index (χ1) is 9.04. The number of rotatable bonds is 4. The zero-order valence-corrected chi connectivity index (χ0v) is 12.1. The molecule has 0 amide bonds. The lowest BCUT2D eigenvalue weighted by molar-refractivity contribution is 0.124. The number of likely N-dealkylation sites (tertiary alicyclic amines) is 1. The average Bonchev–Trinajstić information content (AvgIpc) is 2.79. The topological polar surface area (TPSA) is 29.3 Å². The molecule has 3 heteroatoms. The first kappa shape index (κ1) is 14.5. The predicted molar refractivity (Wildman–Crippen MR) is 77.4 cm³/mol. The molecule has 1 aliphatic rings. The monoisotopic (exact) mass is 264 g/mol. The van der Waals surface area contributed by atoms with Gasteiger partial charge < -0.3 is 5.73 Å². The van der Waals surface area contributed by atoms with Gasteiger partial charge in [0, 0.05) is 24.2 Å². The van der Waals surface area contributed by atoms with Crippen LogP contribution in [0.3, 0.4) is 0 Å². The Bertz CT molecular complexity index is 404. The predicted octanol–water partition coefficient (Wildman–Crippen LogP) is 3.48. The van der Waals surface area contributed by atoms with Crippen LogP contribution in [0.25, 0.3) is 0 Å². The van der Waals surface area contributed by atoms with E-state index in [4.69, 9.17) is 5.73 Å². The van der Waals surface area contributed by atoms with Crippen LogP contribution in [-0.4, -0.2) is 23.0 Å². The maximum atomic E-state index is 13.0. The normalized spacial score (nSPS) is 27.4. The number of hydrogen-bond donors (Lipinski definition) is 1. The summed E-state index contributed by atoms with van der Waals surface area (Å²) in [5.74, 6) is -0.204. The third-order valence-corrected chi connectivity index (χ3v) is 4.56. The molecule has 4 unspecified atom stereocenters. The standard InChI is InChI=1S/C16H25FN2/c1-4-15-10-5-11(2)19(15)12(3)16(18)13-6-8-14(17)9-7-13/h6-9,11-12,15-16H,4-5,10,18H2,1-3H3. The van der Waals surface area contributed by atoms with Gasteiger partial charge in [-0.05, 0) is 50.8 Å². The Balaban J connectivity index is 2.13. The molecule has 0 spiro atoms. The van der Waals surface area contributed by atoms with E-state index in [1.165, 1.54) is 31.4 Å². The van der Waals surface area contributed by atoms with Crippen LogP contribution >= 0.6 is 0 Å². The molecule has 1 fully saturated rings. The molecule has 19 heavy (non-hydrogen) atoms. The number of nitrogens with zero attached hydrogens (tertiary/aromatic N) is 1. The maximum absolute atomic E-state index is 13.0. The van der Waals surface area contributed by atoms with Gasteiger partial charge in [0.25, 0.3) is 0 Å². The molecule has 0 radical (unpaired) electrons. The van der Waals surface area contributed by atoms with Gasteiger partial charge in [0.15, 0.2) is 0 Å². The fraction of sp³-hybridized carbons (Fsp3) is 0.625. The van der Waals surface area contributed by atoms with E-state index in [9.17, 15) is 4.39 Å². The fourth-order valence-electron chi connectivity index (χ4n) is 3.39. The Labute approximate surface area is 115 Å². The highest BCUT2D eigenvalue weighted by Crippen LogP contribution is 2.32. The van der Waals surface area contributed by atoms with Crippen molar-refractivity contribution < 1.29 is 4.39 Å². The second-order valence-corrected chi connectivity index (χ2v) is 5.75. The van der Waals surface area contributed by atoms with Crippen LogP contribution in [0, 0.1) is 5.82 Å². The summed E-state index contributed by atoms with van der Waals surface area (Å²) in [6, 6.07) is 8.04. The fourth-order valence-corrected chi connectivity index (χ4v) is 3.39. The molecular formula is C16H25FN2. The van der Waals surface area contributed by atoms with Crippen LogP contribution < -0.4 is 5.73 Å². The second-order valence-electron chi connectivity index (χ2n) is 5.75. The maximum Gasteiger partial charge on any atom is 0.123 e. The first-order valence-corrected chi connectivity index (χ1v) is 7.33. The number of hydrogen-bond acceptors (Lipinski definition) is 2. The summed E-state index contributed by atoms with van der Waals surface area (Å²) in [6.07, 6.45) is 3.68. The quantitative estimate of drug-likeness (QED) is 0.902. The average molecular weight is 264 g/mol. The van der Waals surface area contributed by atoms with Gasteiger partial charge in [0.2, 0.25) is 0 Å². The zero-order chi connectivity index (χ0) is 14.0. The van der Waals surface area contributed by atoms with Gasteiger partial charge in [-0.2, -0.15) is 0 Å². The molecule has 1 aromatic rings. The lowest BCUT2D eigenvalue weighted by atomic mass is 9.98. The van der Waals surface area contributed by atoms with Gasteiger partial charge in [-0.25, -0.2) is 4.39 Å². The van der Waals surface area contributed by atoms with Crippen LogP contribution in [0.4, 0.5) is 4.39 Å².